The number of benzene rings is 2. The van der Waals surface area contributed by atoms with Crippen molar-refractivity contribution in [2.24, 2.45) is 0 Å². The van der Waals surface area contributed by atoms with E-state index >= 15 is 0 Å². The largest absolute Gasteiger partial charge is 0.383 e. The molecule has 2 aromatic carbocycles. The fourth-order valence-electron chi connectivity index (χ4n) is 4.18. The maximum atomic E-state index is 13.5. The molecule has 3 heterocycles. The van der Waals surface area contributed by atoms with Gasteiger partial charge in [-0.15, -0.1) is 0 Å². The number of aryl methyl sites for hydroxylation is 1. The number of nitrogen functional groups attached to an aromatic ring is 1. The van der Waals surface area contributed by atoms with Crippen LogP contribution in [0.1, 0.15) is 38.7 Å². The zero-order valence-electron chi connectivity index (χ0n) is 16.4. The molecule has 2 aliphatic heterocycles. The summed E-state index contributed by atoms with van der Waals surface area (Å²) in [6, 6.07) is 13.8. The van der Waals surface area contributed by atoms with Crippen LogP contribution in [0.15, 0.2) is 42.5 Å². The average molecular weight is 389 g/mol. The van der Waals surface area contributed by atoms with Crippen LogP contribution < -0.4 is 5.73 Å². The van der Waals surface area contributed by atoms with Gasteiger partial charge < -0.3 is 20.1 Å². The third kappa shape index (κ3) is 3.14. The molecule has 5 rings (SSSR count). The first-order valence-electron chi connectivity index (χ1n) is 9.86. The lowest BCUT2D eigenvalue weighted by Gasteiger charge is -2.36. The van der Waals surface area contributed by atoms with Gasteiger partial charge in [0.05, 0.1) is 38.0 Å². The molecule has 0 radical (unpaired) electrons. The molecule has 3 aromatic rings. The monoisotopic (exact) mass is 389 g/mol. The fraction of sp³-hybridized carbons (Fsp3) is 0.304. The second kappa shape index (κ2) is 7.13. The summed E-state index contributed by atoms with van der Waals surface area (Å²) in [7, 11) is 0. The number of aromatic nitrogens is 1. The van der Waals surface area contributed by atoms with Crippen LogP contribution in [0.3, 0.4) is 0 Å². The van der Waals surface area contributed by atoms with Crippen molar-refractivity contribution in [1.82, 2.24) is 9.88 Å². The third-order valence-corrected chi connectivity index (χ3v) is 5.83. The lowest BCUT2D eigenvalue weighted by Crippen LogP contribution is -2.43. The average Bonchev–Trinajstić information content (AvgIpc) is 3.25. The summed E-state index contributed by atoms with van der Waals surface area (Å²) in [6.07, 6.45) is 0. The van der Waals surface area contributed by atoms with Gasteiger partial charge in [0.1, 0.15) is 5.82 Å². The van der Waals surface area contributed by atoms with Crippen molar-refractivity contribution in [1.29, 1.82) is 0 Å². The van der Waals surface area contributed by atoms with Gasteiger partial charge in [0.25, 0.3) is 5.91 Å². The molecule has 1 saturated heterocycles. The Labute approximate surface area is 169 Å². The van der Waals surface area contributed by atoms with Gasteiger partial charge in [0.2, 0.25) is 0 Å². The zero-order valence-corrected chi connectivity index (χ0v) is 16.4. The highest BCUT2D eigenvalue weighted by Gasteiger charge is 2.30. The molecule has 0 spiro atoms. The van der Waals surface area contributed by atoms with Crippen LogP contribution in [-0.2, 0) is 22.7 Å². The Bertz CT molecular complexity index is 1090. The molecule has 6 nitrogen and oxygen atoms in total. The minimum atomic E-state index is -0.0915. The molecule has 1 fully saturated rings. The number of morpholine rings is 1. The number of rotatable bonds is 2. The predicted molar refractivity (Wildman–Crippen MR) is 110 cm³/mol. The first-order valence-corrected chi connectivity index (χ1v) is 9.86. The Morgan fingerprint density at radius 3 is 2.72 bits per heavy atom. The summed E-state index contributed by atoms with van der Waals surface area (Å²) in [5.41, 5.74) is 11.8. The minimum Gasteiger partial charge on any atom is -0.383 e. The molecule has 0 aliphatic carbocycles. The van der Waals surface area contributed by atoms with Gasteiger partial charge in [0.15, 0.2) is 0 Å². The second-order valence-electron chi connectivity index (χ2n) is 7.68. The molecule has 2 aliphatic rings. The third-order valence-electron chi connectivity index (χ3n) is 5.83. The summed E-state index contributed by atoms with van der Waals surface area (Å²) >= 11 is 0. The molecule has 6 heteroatoms. The number of hydrogen-bond acceptors (Lipinski definition) is 5. The van der Waals surface area contributed by atoms with E-state index in [9.17, 15) is 4.79 Å². The Kier molecular flexibility index (Phi) is 4.45. The van der Waals surface area contributed by atoms with Crippen molar-refractivity contribution >= 4 is 22.6 Å². The maximum absolute atomic E-state index is 13.5. The van der Waals surface area contributed by atoms with Gasteiger partial charge in [-0.2, -0.15) is 0 Å². The lowest BCUT2D eigenvalue weighted by atomic mass is 10.00. The molecular weight excluding hydrogens is 366 g/mol. The van der Waals surface area contributed by atoms with Crippen molar-refractivity contribution in [3.05, 3.63) is 70.3 Å². The number of pyridine rings is 1. The number of carbonyl (C=O) groups excluding carboxylic acids is 1. The molecule has 1 atom stereocenters. The van der Waals surface area contributed by atoms with E-state index in [0.29, 0.717) is 44.4 Å². The lowest BCUT2D eigenvalue weighted by molar-refractivity contribution is -0.00269. The smallest absolute Gasteiger partial charge is 0.254 e. The van der Waals surface area contributed by atoms with E-state index in [0.717, 1.165) is 27.6 Å². The van der Waals surface area contributed by atoms with E-state index in [-0.39, 0.29) is 11.9 Å². The molecule has 0 bridgehead atoms. The van der Waals surface area contributed by atoms with Crippen LogP contribution in [0.5, 0.6) is 0 Å². The number of amides is 1. The molecule has 0 saturated carbocycles. The number of ether oxygens (including phenoxy) is 2. The molecular formula is C23H23N3O3. The van der Waals surface area contributed by atoms with E-state index in [1.54, 1.807) is 0 Å². The van der Waals surface area contributed by atoms with Crippen LogP contribution >= 0.6 is 0 Å². The molecule has 29 heavy (non-hydrogen) atoms. The topological polar surface area (TPSA) is 77.7 Å². The van der Waals surface area contributed by atoms with Gasteiger partial charge in [-0.3, -0.25) is 4.79 Å². The SMILES string of the molecule is Cc1ccc(C2COCCN2C(=O)c2ccc3nc(N)c4c(c3c2)COC4)cc1. The summed E-state index contributed by atoms with van der Waals surface area (Å²) < 4.78 is 11.3. The van der Waals surface area contributed by atoms with Crippen molar-refractivity contribution in [2.75, 3.05) is 25.5 Å². The quantitative estimate of drug-likeness (QED) is 0.727. The highest BCUT2D eigenvalue weighted by molar-refractivity contribution is 5.99. The van der Waals surface area contributed by atoms with Gasteiger partial charge >= 0.3 is 0 Å². The summed E-state index contributed by atoms with van der Waals surface area (Å²) in [4.78, 5) is 19.9. The van der Waals surface area contributed by atoms with Crippen LogP contribution in [0.4, 0.5) is 5.82 Å². The second-order valence-corrected chi connectivity index (χ2v) is 7.68. The first-order chi connectivity index (χ1) is 14.1. The van der Waals surface area contributed by atoms with E-state index in [2.05, 4.69) is 36.2 Å². The summed E-state index contributed by atoms with van der Waals surface area (Å²) in [6.45, 7) is 4.65. The van der Waals surface area contributed by atoms with Gasteiger partial charge in [-0.05, 0) is 36.2 Å². The van der Waals surface area contributed by atoms with Crippen LogP contribution in [-0.4, -0.2) is 35.5 Å². The normalized spacial score (nSPS) is 18.8. The molecule has 1 aromatic heterocycles. The molecule has 2 N–H and O–H groups in total. The zero-order chi connectivity index (χ0) is 20.0. The number of anilines is 1. The Balaban J connectivity index is 1.52. The summed E-state index contributed by atoms with van der Waals surface area (Å²) in [5, 5.41) is 0.942. The van der Waals surface area contributed by atoms with E-state index in [4.69, 9.17) is 15.2 Å². The van der Waals surface area contributed by atoms with Crippen molar-refractivity contribution < 1.29 is 14.3 Å². The van der Waals surface area contributed by atoms with E-state index in [1.807, 2.05) is 23.1 Å². The number of carbonyl (C=O) groups is 1. The fourth-order valence-corrected chi connectivity index (χ4v) is 4.18. The highest BCUT2D eigenvalue weighted by Crippen LogP contribution is 2.33. The van der Waals surface area contributed by atoms with E-state index in [1.165, 1.54) is 5.56 Å². The number of hydrogen-bond donors (Lipinski definition) is 1. The predicted octanol–water partition coefficient (Wildman–Crippen LogP) is 3.37. The number of fused-ring (bicyclic) bond motifs is 3. The molecule has 1 amide bonds. The Morgan fingerprint density at radius 1 is 1.10 bits per heavy atom. The first kappa shape index (κ1) is 18.1. The maximum Gasteiger partial charge on any atom is 0.254 e. The van der Waals surface area contributed by atoms with Crippen molar-refractivity contribution in [3.63, 3.8) is 0 Å². The highest BCUT2D eigenvalue weighted by atomic mass is 16.5. The van der Waals surface area contributed by atoms with Gasteiger partial charge in [-0.25, -0.2) is 4.98 Å². The van der Waals surface area contributed by atoms with Gasteiger partial charge in [0, 0.05) is 23.1 Å². The summed E-state index contributed by atoms with van der Waals surface area (Å²) in [5.74, 6) is 0.516. The Hall–Kier alpha value is -2.96. The van der Waals surface area contributed by atoms with Crippen LogP contribution in [0.2, 0.25) is 0 Å². The van der Waals surface area contributed by atoms with Crippen LogP contribution in [0.25, 0.3) is 10.9 Å². The van der Waals surface area contributed by atoms with Crippen molar-refractivity contribution in [3.8, 4) is 0 Å². The molecule has 148 valence electrons. The Morgan fingerprint density at radius 2 is 1.90 bits per heavy atom. The van der Waals surface area contributed by atoms with Gasteiger partial charge in [-0.1, -0.05) is 29.8 Å². The van der Waals surface area contributed by atoms with Crippen LogP contribution in [0, 0.1) is 6.92 Å². The molecule has 1 unspecified atom stereocenters. The number of nitrogens with two attached hydrogens (primary N) is 1. The minimum absolute atomic E-state index is 0.00488. The van der Waals surface area contributed by atoms with E-state index < -0.39 is 0 Å². The van der Waals surface area contributed by atoms with Crippen molar-refractivity contribution in [2.45, 2.75) is 26.2 Å². The standard InChI is InChI=1S/C23H23N3O3/c1-14-2-4-15(5-3-14)21-13-28-9-8-26(21)23(27)16-6-7-20-17(10-16)18-11-29-12-19(18)22(24)25-20/h2-7,10,21H,8-9,11-13H2,1H3,(H2,24,25). The number of nitrogens with zero attached hydrogens (tertiary/aromatic N) is 2.